The zero-order chi connectivity index (χ0) is 22.4. The monoisotopic (exact) mass is 443 g/mol. The summed E-state index contributed by atoms with van der Waals surface area (Å²) in [5.74, 6) is -0.0947. The van der Waals surface area contributed by atoms with Gasteiger partial charge in [0.15, 0.2) is 5.16 Å². The Morgan fingerprint density at radius 1 is 1.19 bits per heavy atom. The Morgan fingerprint density at radius 3 is 2.52 bits per heavy atom. The lowest BCUT2D eigenvalue weighted by Gasteiger charge is -2.30. The first-order valence-corrected chi connectivity index (χ1v) is 11.6. The van der Waals surface area contributed by atoms with Crippen molar-refractivity contribution in [1.82, 2.24) is 14.5 Å². The highest BCUT2D eigenvalue weighted by atomic mass is 32.2. The molecule has 0 aliphatic carbocycles. The number of amides is 1. The van der Waals surface area contributed by atoms with Crippen LogP contribution in [0.15, 0.2) is 40.3 Å². The van der Waals surface area contributed by atoms with Gasteiger partial charge in [-0.2, -0.15) is 0 Å². The van der Waals surface area contributed by atoms with Crippen molar-refractivity contribution in [1.29, 1.82) is 0 Å². The van der Waals surface area contributed by atoms with Crippen LogP contribution >= 0.6 is 11.8 Å². The van der Waals surface area contributed by atoms with Gasteiger partial charge < -0.3 is 9.64 Å². The van der Waals surface area contributed by atoms with Crippen LogP contribution in [-0.4, -0.2) is 51.8 Å². The molecule has 1 amide bonds. The molecule has 0 atom stereocenters. The van der Waals surface area contributed by atoms with Crippen molar-refractivity contribution in [2.75, 3.05) is 25.4 Å². The molecule has 1 fully saturated rings. The molecule has 7 nitrogen and oxygen atoms in total. The number of aromatic nitrogens is 2. The van der Waals surface area contributed by atoms with Crippen molar-refractivity contribution in [3.05, 3.63) is 57.5 Å². The number of benzene rings is 1. The minimum atomic E-state index is -0.172. The van der Waals surface area contributed by atoms with Gasteiger partial charge in [-0.1, -0.05) is 42.1 Å². The fraction of sp³-hybridized carbons (Fsp3) is 0.478. The van der Waals surface area contributed by atoms with Crippen LogP contribution in [0.5, 0.6) is 0 Å². The number of aryl methyl sites for hydroxylation is 1. The summed E-state index contributed by atoms with van der Waals surface area (Å²) < 4.78 is 6.60. The molecule has 8 heteroatoms. The van der Waals surface area contributed by atoms with E-state index in [1.54, 1.807) is 18.9 Å². The van der Waals surface area contributed by atoms with E-state index in [4.69, 9.17) is 4.74 Å². The molecule has 1 aromatic carbocycles. The molecule has 1 aliphatic rings. The van der Waals surface area contributed by atoms with Crippen LogP contribution in [-0.2, 0) is 27.8 Å². The zero-order valence-electron chi connectivity index (χ0n) is 18.3. The van der Waals surface area contributed by atoms with E-state index in [9.17, 15) is 14.4 Å². The number of hydrogen-bond acceptors (Lipinski definition) is 6. The van der Waals surface area contributed by atoms with Gasteiger partial charge in [-0.3, -0.25) is 19.0 Å². The van der Waals surface area contributed by atoms with Gasteiger partial charge in [-0.15, -0.1) is 0 Å². The topological polar surface area (TPSA) is 81.5 Å². The highest BCUT2D eigenvalue weighted by Gasteiger charge is 2.28. The largest absolute Gasteiger partial charge is 0.466 e. The van der Waals surface area contributed by atoms with E-state index in [1.165, 1.54) is 16.3 Å². The third-order valence-corrected chi connectivity index (χ3v) is 6.58. The molecule has 0 spiro atoms. The molecule has 2 aromatic rings. The Labute approximate surface area is 186 Å². The van der Waals surface area contributed by atoms with Crippen LogP contribution in [0.4, 0.5) is 0 Å². The van der Waals surface area contributed by atoms with Crippen molar-refractivity contribution >= 4 is 23.6 Å². The van der Waals surface area contributed by atoms with Crippen LogP contribution < -0.4 is 5.56 Å². The predicted molar refractivity (Wildman–Crippen MR) is 120 cm³/mol. The Kier molecular flexibility index (Phi) is 7.90. The first-order valence-electron chi connectivity index (χ1n) is 10.6. The van der Waals surface area contributed by atoms with Gasteiger partial charge in [0.1, 0.15) is 0 Å². The number of esters is 1. The summed E-state index contributed by atoms with van der Waals surface area (Å²) in [7, 11) is 1.70. The van der Waals surface area contributed by atoms with Gasteiger partial charge in [0.2, 0.25) is 5.91 Å². The van der Waals surface area contributed by atoms with Crippen molar-refractivity contribution in [3.8, 4) is 0 Å². The SMILES string of the molecule is CCOC(=O)C1CCN(C(=O)CSc2nc(C)c(Cc3ccccc3)c(=O)n2C)CC1. The molecule has 3 rings (SSSR count). The summed E-state index contributed by atoms with van der Waals surface area (Å²) in [4.78, 5) is 43.8. The summed E-state index contributed by atoms with van der Waals surface area (Å²) in [6.07, 6.45) is 1.78. The third kappa shape index (κ3) is 5.76. The molecule has 1 aliphatic heterocycles. The second-order valence-electron chi connectivity index (χ2n) is 7.68. The van der Waals surface area contributed by atoms with Gasteiger partial charge in [-0.25, -0.2) is 4.98 Å². The number of nitrogens with zero attached hydrogens (tertiary/aromatic N) is 3. The van der Waals surface area contributed by atoms with E-state index >= 15 is 0 Å². The fourth-order valence-corrected chi connectivity index (χ4v) is 4.62. The number of ether oxygens (including phenoxy) is 1. The number of carbonyl (C=O) groups excluding carboxylic acids is 2. The fourth-order valence-electron chi connectivity index (χ4n) is 3.70. The van der Waals surface area contributed by atoms with Crippen molar-refractivity contribution in [3.63, 3.8) is 0 Å². The average molecular weight is 444 g/mol. The van der Waals surface area contributed by atoms with Crippen molar-refractivity contribution in [2.24, 2.45) is 13.0 Å². The van der Waals surface area contributed by atoms with Gasteiger partial charge in [-0.05, 0) is 32.3 Å². The Morgan fingerprint density at radius 2 is 1.87 bits per heavy atom. The van der Waals surface area contributed by atoms with E-state index in [0.29, 0.717) is 55.4 Å². The smallest absolute Gasteiger partial charge is 0.309 e. The summed E-state index contributed by atoms with van der Waals surface area (Å²) >= 11 is 1.28. The molecule has 166 valence electrons. The molecule has 0 unspecified atom stereocenters. The van der Waals surface area contributed by atoms with Crippen LogP contribution in [0.3, 0.4) is 0 Å². The average Bonchev–Trinajstić information content (AvgIpc) is 2.79. The third-order valence-electron chi connectivity index (χ3n) is 5.57. The molecule has 0 N–H and O–H groups in total. The molecule has 0 radical (unpaired) electrons. The van der Waals surface area contributed by atoms with Gasteiger partial charge >= 0.3 is 5.97 Å². The maximum absolute atomic E-state index is 12.9. The van der Waals surface area contributed by atoms with Gasteiger partial charge in [0.05, 0.1) is 18.3 Å². The molecular weight excluding hydrogens is 414 g/mol. The number of thioether (sulfide) groups is 1. The van der Waals surface area contributed by atoms with Gasteiger partial charge in [0.25, 0.3) is 5.56 Å². The minimum absolute atomic E-state index is 0.00688. The molecule has 1 aromatic heterocycles. The van der Waals surface area contributed by atoms with E-state index < -0.39 is 0 Å². The zero-order valence-corrected chi connectivity index (χ0v) is 19.1. The lowest BCUT2D eigenvalue weighted by molar-refractivity contribution is -0.151. The molecule has 31 heavy (non-hydrogen) atoms. The van der Waals surface area contributed by atoms with E-state index in [1.807, 2.05) is 37.3 Å². The minimum Gasteiger partial charge on any atom is -0.466 e. The van der Waals surface area contributed by atoms with Crippen LogP contribution in [0.2, 0.25) is 0 Å². The quantitative estimate of drug-likeness (QED) is 0.372. The maximum atomic E-state index is 12.9. The lowest BCUT2D eigenvalue weighted by atomic mass is 9.97. The number of hydrogen-bond donors (Lipinski definition) is 0. The number of piperidine rings is 1. The van der Waals surface area contributed by atoms with Crippen molar-refractivity contribution in [2.45, 2.75) is 38.3 Å². The molecule has 0 bridgehead atoms. The summed E-state index contributed by atoms with van der Waals surface area (Å²) in [6, 6.07) is 9.83. The second kappa shape index (κ2) is 10.6. The molecule has 1 saturated heterocycles. The van der Waals surface area contributed by atoms with Crippen LogP contribution in [0, 0.1) is 12.8 Å². The van der Waals surface area contributed by atoms with Crippen LogP contribution in [0.1, 0.15) is 36.6 Å². The Bertz CT molecular complexity index is 982. The number of carbonyl (C=O) groups is 2. The highest BCUT2D eigenvalue weighted by molar-refractivity contribution is 7.99. The normalized spacial score (nSPS) is 14.5. The summed E-state index contributed by atoms with van der Waals surface area (Å²) in [6.45, 7) is 5.11. The van der Waals surface area contributed by atoms with E-state index in [-0.39, 0.29) is 29.1 Å². The summed E-state index contributed by atoms with van der Waals surface area (Å²) in [5.41, 5.74) is 2.34. The van der Waals surface area contributed by atoms with E-state index in [2.05, 4.69) is 4.98 Å². The Balaban J connectivity index is 1.60. The Hall–Kier alpha value is -2.61. The first-order chi connectivity index (χ1) is 14.9. The second-order valence-corrected chi connectivity index (χ2v) is 8.62. The lowest BCUT2D eigenvalue weighted by Crippen LogP contribution is -2.41. The van der Waals surface area contributed by atoms with Crippen molar-refractivity contribution < 1.29 is 14.3 Å². The first kappa shape index (κ1) is 23.1. The standard InChI is InChI=1S/C23H29N3O4S/c1-4-30-22(29)18-10-12-26(13-11-18)20(27)15-31-23-24-16(2)19(21(28)25(23)3)14-17-8-6-5-7-9-17/h5-9,18H,4,10-15H2,1-3H3. The number of likely N-dealkylation sites (tertiary alicyclic amines) is 1. The highest BCUT2D eigenvalue weighted by Crippen LogP contribution is 2.21. The number of rotatable bonds is 7. The molecular formula is C23H29N3O4S. The maximum Gasteiger partial charge on any atom is 0.309 e. The van der Waals surface area contributed by atoms with Crippen LogP contribution in [0.25, 0.3) is 0 Å². The van der Waals surface area contributed by atoms with E-state index in [0.717, 1.165) is 5.56 Å². The predicted octanol–water partition coefficient (Wildman–Crippen LogP) is 2.57. The molecule has 0 saturated carbocycles. The molecule has 2 heterocycles. The van der Waals surface area contributed by atoms with Gasteiger partial charge in [0, 0.05) is 37.8 Å². The summed E-state index contributed by atoms with van der Waals surface area (Å²) in [5, 5.41) is 0.536.